The highest BCUT2D eigenvalue weighted by Crippen LogP contribution is 2.35. The number of nitrogens with two attached hydrogens (primary N) is 1. The van der Waals surface area contributed by atoms with Crippen molar-refractivity contribution in [2.75, 3.05) is 0 Å². The number of carbonyl (C=O) groups excluding carboxylic acids is 1. The number of hydrogen-bond donors (Lipinski definition) is 1. The monoisotopic (exact) mass is 181 g/mol. The molecule has 2 heteroatoms. The fourth-order valence-electron chi connectivity index (χ4n) is 2.28. The Morgan fingerprint density at radius 2 is 1.92 bits per heavy atom. The smallest absolute Gasteiger partial charge is 0.152 e. The molecular formula is C11H19NO. The van der Waals surface area contributed by atoms with Gasteiger partial charge < -0.3 is 5.73 Å². The molecule has 2 fully saturated rings. The van der Waals surface area contributed by atoms with E-state index in [9.17, 15) is 4.79 Å². The van der Waals surface area contributed by atoms with Gasteiger partial charge in [0.05, 0.1) is 5.54 Å². The van der Waals surface area contributed by atoms with Crippen LogP contribution in [0.25, 0.3) is 0 Å². The Labute approximate surface area is 79.9 Å². The topological polar surface area (TPSA) is 43.1 Å². The Morgan fingerprint density at radius 1 is 1.31 bits per heavy atom. The third kappa shape index (κ3) is 2.11. The van der Waals surface area contributed by atoms with E-state index in [2.05, 4.69) is 0 Å². The van der Waals surface area contributed by atoms with E-state index in [0.29, 0.717) is 5.78 Å². The molecule has 0 radical (unpaired) electrons. The Hall–Kier alpha value is -0.370. The van der Waals surface area contributed by atoms with E-state index in [1.54, 1.807) is 0 Å². The van der Waals surface area contributed by atoms with Gasteiger partial charge in [0.15, 0.2) is 5.78 Å². The van der Waals surface area contributed by atoms with Gasteiger partial charge in [-0.1, -0.05) is 25.7 Å². The molecule has 74 valence electrons. The summed E-state index contributed by atoms with van der Waals surface area (Å²) in [5, 5.41) is 0. The molecule has 0 aromatic heterocycles. The molecule has 0 unspecified atom stereocenters. The van der Waals surface area contributed by atoms with Gasteiger partial charge in [-0.15, -0.1) is 0 Å². The highest BCUT2D eigenvalue weighted by atomic mass is 16.1. The molecule has 0 saturated heterocycles. The van der Waals surface area contributed by atoms with Gasteiger partial charge in [-0.3, -0.25) is 4.79 Å². The van der Waals surface area contributed by atoms with Gasteiger partial charge in [-0.05, 0) is 25.2 Å². The van der Waals surface area contributed by atoms with E-state index in [0.717, 1.165) is 44.4 Å². The van der Waals surface area contributed by atoms with Crippen molar-refractivity contribution in [2.45, 2.75) is 56.9 Å². The Morgan fingerprint density at radius 3 is 2.46 bits per heavy atom. The van der Waals surface area contributed by atoms with Crippen molar-refractivity contribution in [3.8, 4) is 0 Å². The minimum Gasteiger partial charge on any atom is -0.319 e. The third-order valence-corrected chi connectivity index (χ3v) is 3.53. The molecule has 0 aliphatic heterocycles. The van der Waals surface area contributed by atoms with E-state index < -0.39 is 5.54 Å². The van der Waals surface area contributed by atoms with Gasteiger partial charge in [-0.2, -0.15) is 0 Å². The largest absolute Gasteiger partial charge is 0.319 e. The van der Waals surface area contributed by atoms with Crippen LogP contribution in [0.3, 0.4) is 0 Å². The second-order valence-corrected chi connectivity index (χ2v) is 4.77. The predicted molar refractivity (Wildman–Crippen MR) is 52.4 cm³/mol. The zero-order valence-corrected chi connectivity index (χ0v) is 8.22. The first-order valence-corrected chi connectivity index (χ1v) is 5.53. The van der Waals surface area contributed by atoms with Crippen molar-refractivity contribution < 1.29 is 4.79 Å². The van der Waals surface area contributed by atoms with Crippen LogP contribution in [0.1, 0.15) is 51.4 Å². The summed E-state index contributed by atoms with van der Waals surface area (Å²) >= 11 is 0. The first-order valence-electron chi connectivity index (χ1n) is 5.53. The van der Waals surface area contributed by atoms with E-state index in [1.165, 1.54) is 12.8 Å². The second-order valence-electron chi connectivity index (χ2n) is 4.77. The number of hydrogen-bond acceptors (Lipinski definition) is 2. The quantitative estimate of drug-likeness (QED) is 0.721. The zero-order valence-electron chi connectivity index (χ0n) is 8.22. The van der Waals surface area contributed by atoms with Gasteiger partial charge in [0.2, 0.25) is 0 Å². The summed E-state index contributed by atoms with van der Waals surface area (Å²) in [4.78, 5) is 11.8. The molecule has 13 heavy (non-hydrogen) atoms. The molecule has 2 rings (SSSR count). The molecule has 0 heterocycles. The summed E-state index contributed by atoms with van der Waals surface area (Å²) in [5.74, 6) is 1.19. The number of rotatable bonds is 4. The Bertz CT molecular complexity index is 202. The van der Waals surface area contributed by atoms with Crippen molar-refractivity contribution in [1.82, 2.24) is 0 Å². The van der Waals surface area contributed by atoms with Crippen LogP contribution >= 0.6 is 0 Å². The highest BCUT2D eigenvalue weighted by molar-refractivity contribution is 5.88. The third-order valence-electron chi connectivity index (χ3n) is 3.53. The fraction of sp³-hybridized carbons (Fsp3) is 0.909. The van der Waals surface area contributed by atoms with Crippen LogP contribution in [0, 0.1) is 5.92 Å². The van der Waals surface area contributed by atoms with Crippen molar-refractivity contribution >= 4 is 5.78 Å². The molecule has 2 nitrogen and oxygen atoms in total. The first-order chi connectivity index (χ1) is 6.21. The number of carbonyl (C=O) groups is 1. The summed E-state index contributed by atoms with van der Waals surface area (Å²) in [7, 11) is 0. The van der Waals surface area contributed by atoms with Gasteiger partial charge in [0, 0.05) is 6.42 Å². The molecule has 2 aliphatic carbocycles. The van der Waals surface area contributed by atoms with Crippen LogP contribution in [0.2, 0.25) is 0 Å². The Kier molecular flexibility index (Phi) is 2.41. The predicted octanol–water partition coefficient (Wildman–Crippen LogP) is 2.02. The molecule has 2 N–H and O–H groups in total. The van der Waals surface area contributed by atoms with Gasteiger partial charge in [0.25, 0.3) is 0 Å². The normalized spacial score (nSPS) is 26.2. The van der Waals surface area contributed by atoms with E-state index in [1.807, 2.05) is 0 Å². The molecule has 2 aliphatic rings. The summed E-state index contributed by atoms with van der Waals surface area (Å²) in [5.41, 5.74) is 5.64. The van der Waals surface area contributed by atoms with Crippen LogP contribution in [-0.2, 0) is 4.79 Å². The van der Waals surface area contributed by atoms with Crippen molar-refractivity contribution in [3.63, 3.8) is 0 Å². The average Bonchev–Trinajstić information content (AvgIpc) is 2.84. The molecule has 0 spiro atoms. The first kappa shape index (κ1) is 9.20. The van der Waals surface area contributed by atoms with Crippen molar-refractivity contribution in [1.29, 1.82) is 0 Å². The van der Waals surface area contributed by atoms with Crippen LogP contribution in [-0.4, -0.2) is 11.3 Å². The number of Topliss-reactive ketones (excluding diaryl/α,β-unsaturated/α-hetero) is 1. The van der Waals surface area contributed by atoms with Gasteiger partial charge in [-0.25, -0.2) is 0 Å². The summed E-state index contributed by atoms with van der Waals surface area (Å²) in [6.07, 6.45) is 8.65. The molecule has 0 bridgehead atoms. The lowest BCUT2D eigenvalue weighted by molar-refractivity contribution is -0.124. The maximum Gasteiger partial charge on any atom is 0.152 e. The van der Waals surface area contributed by atoms with Crippen LogP contribution in [0.5, 0.6) is 0 Å². The highest BCUT2D eigenvalue weighted by Gasteiger charge is 2.36. The van der Waals surface area contributed by atoms with E-state index in [-0.39, 0.29) is 0 Å². The summed E-state index contributed by atoms with van der Waals surface area (Å²) in [6, 6.07) is 0. The molecule has 2 saturated carbocycles. The van der Waals surface area contributed by atoms with Crippen molar-refractivity contribution in [2.24, 2.45) is 11.7 Å². The maximum atomic E-state index is 11.8. The fourth-order valence-corrected chi connectivity index (χ4v) is 2.28. The average molecular weight is 181 g/mol. The lowest BCUT2D eigenvalue weighted by Crippen LogP contribution is -2.45. The summed E-state index contributed by atoms with van der Waals surface area (Å²) in [6.45, 7) is 0. The van der Waals surface area contributed by atoms with Gasteiger partial charge >= 0.3 is 0 Å². The SMILES string of the molecule is NC1(C(=O)CCC2CC2)CCCC1. The van der Waals surface area contributed by atoms with Crippen LogP contribution in [0.4, 0.5) is 0 Å². The number of ketones is 1. The lowest BCUT2D eigenvalue weighted by atomic mass is 9.90. The lowest BCUT2D eigenvalue weighted by Gasteiger charge is -2.21. The minimum absolute atomic E-state index is 0.330. The van der Waals surface area contributed by atoms with Crippen LogP contribution < -0.4 is 5.73 Å². The molecule has 0 atom stereocenters. The second kappa shape index (κ2) is 3.41. The Balaban J connectivity index is 1.80. The molecule has 0 aromatic carbocycles. The van der Waals surface area contributed by atoms with E-state index in [4.69, 9.17) is 5.73 Å². The summed E-state index contributed by atoms with van der Waals surface area (Å²) < 4.78 is 0. The molecular weight excluding hydrogens is 162 g/mol. The molecule has 0 amide bonds. The minimum atomic E-state index is -0.422. The zero-order chi connectivity index (χ0) is 9.31. The van der Waals surface area contributed by atoms with Crippen LogP contribution in [0.15, 0.2) is 0 Å². The van der Waals surface area contributed by atoms with Gasteiger partial charge in [0.1, 0.15) is 0 Å². The maximum absolute atomic E-state index is 11.8. The van der Waals surface area contributed by atoms with Crippen molar-refractivity contribution in [3.05, 3.63) is 0 Å². The standard InChI is InChI=1S/C11H19NO/c12-11(7-1-2-8-11)10(13)6-5-9-3-4-9/h9H,1-8,12H2. The molecule has 0 aromatic rings. The van der Waals surface area contributed by atoms with E-state index >= 15 is 0 Å².